The van der Waals surface area contributed by atoms with Crippen LogP contribution in [0.4, 0.5) is 17.2 Å². The molecule has 6 nitrogen and oxygen atoms in total. The molecule has 0 unspecified atom stereocenters. The van der Waals surface area contributed by atoms with Gasteiger partial charge in [-0.3, -0.25) is 4.79 Å². The number of nitrogens with zero attached hydrogens (tertiary/aromatic N) is 1. The molecule has 2 heterocycles. The molecule has 2 aromatic carbocycles. The Morgan fingerprint density at radius 3 is 2.68 bits per heavy atom. The van der Waals surface area contributed by atoms with E-state index in [0.717, 1.165) is 11.3 Å². The molecule has 0 saturated heterocycles. The maximum absolute atomic E-state index is 12.6. The Hall–Kier alpha value is -3.25. The summed E-state index contributed by atoms with van der Waals surface area (Å²) in [5, 5.41) is 6.75. The first-order valence-corrected chi connectivity index (χ1v) is 9.16. The van der Waals surface area contributed by atoms with Crippen LogP contribution in [0.15, 0.2) is 54.7 Å². The van der Waals surface area contributed by atoms with Crippen molar-refractivity contribution in [1.29, 1.82) is 0 Å². The molecule has 2 N–H and O–H groups in total. The molecule has 0 aliphatic carbocycles. The number of benzene rings is 2. The van der Waals surface area contributed by atoms with Crippen molar-refractivity contribution in [3.8, 4) is 11.5 Å². The Balaban J connectivity index is 1.50. The summed E-state index contributed by atoms with van der Waals surface area (Å²) in [7, 11) is 0. The quantitative estimate of drug-likeness (QED) is 0.663. The second-order valence-corrected chi connectivity index (χ2v) is 6.76. The summed E-state index contributed by atoms with van der Waals surface area (Å²) in [5.74, 6) is 1.63. The number of hydrogen-bond donors (Lipinski definition) is 2. The van der Waals surface area contributed by atoms with Gasteiger partial charge in [0.1, 0.15) is 19.0 Å². The minimum atomic E-state index is -0.241. The number of fused-ring (bicyclic) bond motifs is 1. The minimum Gasteiger partial charge on any atom is -0.486 e. The molecule has 7 heteroatoms. The van der Waals surface area contributed by atoms with Gasteiger partial charge in [-0.15, -0.1) is 0 Å². The van der Waals surface area contributed by atoms with E-state index >= 15 is 0 Å². The topological polar surface area (TPSA) is 72.5 Å². The van der Waals surface area contributed by atoms with Gasteiger partial charge >= 0.3 is 0 Å². The smallest absolute Gasteiger partial charge is 0.255 e. The van der Waals surface area contributed by atoms with E-state index in [0.29, 0.717) is 46.8 Å². The molecule has 0 fully saturated rings. The minimum absolute atomic E-state index is 0.241. The summed E-state index contributed by atoms with van der Waals surface area (Å²) in [6.07, 6.45) is 1.59. The van der Waals surface area contributed by atoms with Crippen molar-refractivity contribution in [1.82, 2.24) is 4.98 Å². The maximum Gasteiger partial charge on any atom is 0.255 e. The number of anilines is 3. The molecular formula is C21H18ClN3O3. The lowest BCUT2D eigenvalue weighted by Gasteiger charge is -2.19. The zero-order valence-corrected chi connectivity index (χ0v) is 15.9. The van der Waals surface area contributed by atoms with Gasteiger partial charge in [-0.05, 0) is 55.0 Å². The third-order valence-electron chi connectivity index (χ3n) is 4.27. The van der Waals surface area contributed by atoms with Crippen LogP contribution in [0.25, 0.3) is 0 Å². The predicted molar refractivity (Wildman–Crippen MR) is 109 cm³/mol. The highest BCUT2D eigenvalue weighted by atomic mass is 35.5. The van der Waals surface area contributed by atoms with E-state index in [1.165, 1.54) is 0 Å². The highest BCUT2D eigenvalue weighted by Gasteiger charge is 2.14. The number of ether oxygens (including phenoxy) is 2. The lowest BCUT2D eigenvalue weighted by molar-refractivity contribution is 0.102. The van der Waals surface area contributed by atoms with E-state index < -0.39 is 0 Å². The molecule has 1 aromatic heterocycles. The molecule has 28 heavy (non-hydrogen) atoms. The number of halogens is 1. The van der Waals surface area contributed by atoms with Gasteiger partial charge in [0.25, 0.3) is 5.91 Å². The molecule has 0 radical (unpaired) electrons. The average molecular weight is 396 g/mol. The molecule has 3 aromatic rings. The van der Waals surface area contributed by atoms with Gasteiger partial charge in [0.2, 0.25) is 0 Å². The zero-order chi connectivity index (χ0) is 19.5. The number of aromatic nitrogens is 1. The van der Waals surface area contributed by atoms with Gasteiger partial charge in [-0.25, -0.2) is 4.98 Å². The Bertz CT molecular complexity index is 1040. The molecule has 0 spiro atoms. The van der Waals surface area contributed by atoms with E-state index in [4.69, 9.17) is 21.1 Å². The Labute approximate surface area is 167 Å². The summed E-state index contributed by atoms with van der Waals surface area (Å²) in [6.45, 7) is 2.97. The SMILES string of the molecule is Cc1cc(Cl)ccc1Nc1cc(C(=O)Nc2ccc3c(c2)OCCO3)ccn1. The monoisotopic (exact) mass is 395 g/mol. The van der Waals surface area contributed by atoms with Crippen molar-refractivity contribution >= 4 is 34.7 Å². The Morgan fingerprint density at radius 1 is 1.04 bits per heavy atom. The van der Waals surface area contributed by atoms with Gasteiger partial charge in [-0.1, -0.05) is 11.6 Å². The number of aryl methyl sites for hydroxylation is 1. The summed E-state index contributed by atoms with van der Waals surface area (Å²) >= 11 is 5.99. The second-order valence-electron chi connectivity index (χ2n) is 6.33. The van der Waals surface area contributed by atoms with Gasteiger partial charge in [0.05, 0.1) is 0 Å². The lowest BCUT2D eigenvalue weighted by atomic mass is 10.2. The number of carbonyl (C=O) groups is 1. The van der Waals surface area contributed by atoms with E-state index in [-0.39, 0.29) is 5.91 Å². The van der Waals surface area contributed by atoms with Crippen LogP contribution < -0.4 is 20.1 Å². The number of amides is 1. The molecule has 1 aliphatic heterocycles. The summed E-state index contributed by atoms with van der Waals surface area (Å²) in [6, 6.07) is 14.2. The van der Waals surface area contributed by atoms with E-state index in [1.54, 1.807) is 42.6 Å². The van der Waals surface area contributed by atoms with Crippen LogP contribution in [0, 0.1) is 6.92 Å². The van der Waals surface area contributed by atoms with Crippen molar-refractivity contribution < 1.29 is 14.3 Å². The molecule has 1 aliphatic rings. The van der Waals surface area contributed by atoms with Crippen LogP contribution in [0.2, 0.25) is 5.02 Å². The summed E-state index contributed by atoms with van der Waals surface area (Å²) < 4.78 is 11.0. The number of nitrogens with one attached hydrogen (secondary N) is 2. The molecule has 0 atom stereocenters. The first-order chi connectivity index (χ1) is 13.6. The first kappa shape index (κ1) is 18.1. The largest absolute Gasteiger partial charge is 0.486 e. The van der Waals surface area contributed by atoms with E-state index in [2.05, 4.69) is 15.6 Å². The van der Waals surface area contributed by atoms with Crippen LogP contribution >= 0.6 is 11.6 Å². The molecular weight excluding hydrogens is 378 g/mol. The van der Waals surface area contributed by atoms with Gasteiger partial charge in [-0.2, -0.15) is 0 Å². The van der Waals surface area contributed by atoms with Gasteiger partial charge < -0.3 is 20.1 Å². The van der Waals surface area contributed by atoms with Gasteiger partial charge in [0, 0.05) is 34.2 Å². The Morgan fingerprint density at radius 2 is 1.86 bits per heavy atom. The van der Waals surface area contributed by atoms with Crippen LogP contribution in [-0.4, -0.2) is 24.1 Å². The molecule has 1 amide bonds. The standard InChI is InChI=1S/C21H18ClN3O3/c1-13-10-15(22)2-4-17(13)25-20-11-14(6-7-23-20)21(26)24-16-3-5-18-19(12-16)28-9-8-27-18/h2-7,10-12H,8-9H2,1H3,(H,23,25)(H,24,26). The van der Waals surface area contributed by atoms with Crippen LogP contribution in [0.3, 0.4) is 0 Å². The highest BCUT2D eigenvalue weighted by molar-refractivity contribution is 6.30. The van der Waals surface area contributed by atoms with E-state index in [9.17, 15) is 4.79 Å². The highest BCUT2D eigenvalue weighted by Crippen LogP contribution is 2.32. The Kier molecular flexibility index (Phi) is 5.04. The van der Waals surface area contributed by atoms with Crippen LogP contribution in [0.5, 0.6) is 11.5 Å². The van der Waals surface area contributed by atoms with Crippen molar-refractivity contribution in [3.05, 3.63) is 70.9 Å². The molecule has 142 valence electrons. The summed E-state index contributed by atoms with van der Waals surface area (Å²) in [4.78, 5) is 16.9. The van der Waals surface area contributed by atoms with Crippen molar-refractivity contribution in [2.24, 2.45) is 0 Å². The molecule has 0 saturated carbocycles. The van der Waals surface area contributed by atoms with Crippen molar-refractivity contribution in [2.45, 2.75) is 6.92 Å². The third-order valence-corrected chi connectivity index (χ3v) is 4.51. The number of pyridine rings is 1. The number of carbonyl (C=O) groups excluding carboxylic acids is 1. The normalized spacial score (nSPS) is 12.4. The molecule has 4 rings (SSSR count). The average Bonchev–Trinajstić information content (AvgIpc) is 2.70. The number of rotatable bonds is 4. The van der Waals surface area contributed by atoms with E-state index in [1.807, 2.05) is 19.1 Å². The van der Waals surface area contributed by atoms with Crippen molar-refractivity contribution in [3.63, 3.8) is 0 Å². The number of hydrogen-bond acceptors (Lipinski definition) is 5. The maximum atomic E-state index is 12.6. The second kappa shape index (κ2) is 7.78. The summed E-state index contributed by atoms with van der Waals surface area (Å²) in [5.41, 5.74) is 2.98. The molecule has 0 bridgehead atoms. The van der Waals surface area contributed by atoms with Crippen LogP contribution in [-0.2, 0) is 0 Å². The zero-order valence-electron chi connectivity index (χ0n) is 15.2. The fraction of sp³-hybridized carbons (Fsp3) is 0.143. The van der Waals surface area contributed by atoms with Crippen molar-refractivity contribution in [2.75, 3.05) is 23.8 Å². The first-order valence-electron chi connectivity index (χ1n) is 8.79. The van der Waals surface area contributed by atoms with Crippen LogP contribution in [0.1, 0.15) is 15.9 Å². The third kappa shape index (κ3) is 4.02. The van der Waals surface area contributed by atoms with Gasteiger partial charge in [0.15, 0.2) is 11.5 Å². The fourth-order valence-electron chi connectivity index (χ4n) is 2.87. The predicted octanol–water partition coefficient (Wildman–Crippen LogP) is 4.81. The fourth-order valence-corrected chi connectivity index (χ4v) is 3.10. The lowest BCUT2D eigenvalue weighted by Crippen LogP contribution is -2.16.